The van der Waals surface area contributed by atoms with Crippen LogP contribution in [-0.2, 0) is 68.7 Å². The summed E-state index contributed by atoms with van der Waals surface area (Å²) in [7, 11) is 0. The van der Waals surface area contributed by atoms with Gasteiger partial charge in [-0.3, -0.25) is 47.9 Å². The fourth-order valence-corrected chi connectivity index (χ4v) is 8.38. The molecule has 0 aliphatic carbocycles. The van der Waals surface area contributed by atoms with Gasteiger partial charge in [0.05, 0.1) is 43.6 Å². The molecule has 0 spiro atoms. The van der Waals surface area contributed by atoms with Gasteiger partial charge in [0.1, 0.15) is 60.3 Å². The largest absolute Gasteiger partial charge is 0.494 e. The molecule has 1 aliphatic heterocycles. The number of carbonyl (C=O) groups is 12. The zero-order valence-corrected chi connectivity index (χ0v) is 48.8. The van der Waals surface area contributed by atoms with Crippen molar-refractivity contribution >= 4 is 82.7 Å². The third-order valence-electron chi connectivity index (χ3n) is 13.0. The van der Waals surface area contributed by atoms with Crippen molar-refractivity contribution in [2.45, 2.75) is 171 Å². The number of ether oxygens (including phenoxy) is 2. The lowest BCUT2D eigenvalue weighted by Gasteiger charge is -2.28. The lowest BCUT2D eigenvalue weighted by atomic mass is 10.0. The second-order valence-electron chi connectivity index (χ2n) is 20.0. The van der Waals surface area contributed by atoms with Crippen LogP contribution in [0.5, 0.6) is 5.75 Å². The Balaban J connectivity index is 2.78. The molecular weight excluding hydrogens is 1160 g/mol. The Hall–Kier alpha value is -7.59. The molecule has 1 aromatic carbocycles. The molecule has 2 rings (SSSR count). The molecule has 21 N–H and O–H groups in total. The normalized spacial score (nSPS) is 24.0. The number of carbonyl (C=O) groups excluding carboxylic acids is 10. The van der Waals surface area contributed by atoms with E-state index in [1.165, 1.54) is 0 Å². The van der Waals surface area contributed by atoms with Crippen LogP contribution < -0.4 is 69.8 Å². The molecule has 1 aromatic rings. The number of cyclic esters (lactones) is 1. The number of nitrogens with two attached hydrogens (primary N) is 3. The summed E-state index contributed by atoms with van der Waals surface area (Å²) in [5, 5.41) is 82.4. The molecule has 33 heteroatoms. The minimum Gasteiger partial charge on any atom is -0.494 e. The summed E-state index contributed by atoms with van der Waals surface area (Å²) in [5.74, 6) is -17.4. The monoisotopic (exact) mass is 1240 g/mol. The summed E-state index contributed by atoms with van der Waals surface area (Å²) in [5.41, 5.74) is 17.2. The summed E-state index contributed by atoms with van der Waals surface area (Å²) in [6.45, 7) is 2.95. The number of nitrogens with one attached hydrogen (secondary N) is 9. The van der Waals surface area contributed by atoms with Crippen LogP contribution >= 0.6 is 11.6 Å². The van der Waals surface area contributed by atoms with E-state index in [-0.39, 0.29) is 58.2 Å². The van der Waals surface area contributed by atoms with E-state index in [9.17, 15) is 88.2 Å². The molecule has 12 atom stereocenters. The van der Waals surface area contributed by atoms with Gasteiger partial charge < -0.3 is 105 Å². The predicted octanol–water partition coefficient (Wildman–Crippen LogP) is -5.88. The molecule has 1 aliphatic rings. The van der Waals surface area contributed by atoms with Gasteiger partial charge >= 0.3 is 17.9 Å². The number of carboxylic acids is 2. The maximum absolute atomic E-state index is 14.2. The molecule has 0 bridgehead atoms. The van der Waals surface area contributed by atoms with E-state index in [0.29, 0.717) is 12.4 Å². The summed E-state index contributed by atoms with van der Waals surface area (Å²) in [4.78, 5) is 163. The Morgan fingerprint density at radius 3 is 1.86 bits per heavy atom. The van der Waals surface area contributed by atoms with Crippen molar-refractivity contribution in [2.24, 2.45) is 17.2 Å². The number of benzene rings is 1. The highest BCUT2D eigenvalue weighted by Crippen LogP contribution is 2.17. The fraction of sp³-hybridized carbons (Fsp3) is 0.623. The Labute approximate surface area is 500 Å². The number of rotatable bonds is 26. The van der Waals surface area contributed by atoms with Crippen molar-refractivity contribution in [2.75, 3.05) is 38.7 Å². The van der Waals surface area contributed by atoms with E-state index < -0.39 is 181 Å². The SMILES string of the molecule is C/C=C1/NC(=O)[C@H]([C@H](C)O)NC(=O)[C@H](CCN)NC(=O)[C@H](CCCCN)NC(=O)[C@H](CC(=O)O)NC(=O)[C@@H](CCN)NC(=O)[C@@H](NC(=O)C[C@H](O)CCc2cccc(OCCCCC)c2)COC(=O)[C@H]([C@H](O)CCl)NC(=O)[C@H](C(O)C(=O)O)NC1=O. The lowest BCUT2D eigenvalue weighted by molar-refractivity contribution is -0.155. The van der Waals surface area contributed by atoms with Gasteiger partial charge in [-0.05, 0) is 103 Å². The molecule has 1 unspecified atom stereocenters. The summed E-state index contributed by atoms with van der Waals surface area (Å²) < 4.78 is 11.1. The van der Waals surface area contributed by atoms with Crippen LogP contribution in [-0.4, -0.2) is 213 Å². The Morgan fingerprint density at radius 2 is 1.30 bits per heavy atom. The number of allylic oxidation sites excluding steroid dienone is 1. The second kappa shape index (κ2) is 39.2. The number of alkyl halides is 1. The van der Waals surface area contributed by atoms with E-state index in [1.807, 2.05) is 17.6 Å². The third-order valence-corrected chi connectivity index (χ3v) is 13.3. The van der Waals surface area contributed by atoms with Crippen molar-refractivity contribution in [1.82, 2.24) is 47.9 Å². The number of hydrogen-bond acceptors (Lipinski definition) is 21. The van der Waals surface area contributed by atoms with Crippen LogP contribution in [0.15, 0.2) is 36.0 Å². The van der Waals surface area contributed by atoms with Crippen LogP contribution in [0, 0.1) is 0 Å². The molecule has 1 fully saturated rings. The van der Waals surface area contributed by atoms with Crippen molar-refractivity contribution in [3.63, 3.8) is 0 Å². The molecule has 1 saturated heterocycles. The standard InChI is InChI=1S/C53H83ClN12O20/c1-4-6-9-21-85-30-12-10-11-28(22-30)14-15-29(68)23-38(70)58-36-26-86-53(84)41(37(69)25-54)65-51(81)42(43(73)52(82)83)66-44(74)31(5-2)59-50(80)40(27(3)67)64-47(77)34(17-20-57)61-45(75)32(13-7-8-18-55)60-48(78)35(24-39(71)72)63-46(76)33(16-19-56)62-49(36)79/h5,10-12,22,27,29,32-37,40-43,67-69,73H,4,6-9,13-21,23-26,55-57H2,1-3H3,(H,58,70)(H,59,80)(H,60,78)(H,61,75)(H,62,79)(H,63,76)(H,64,77)(H,65,81)(H,66,74)(H,71,72)(H,82,83)/b31-5+/t27-,29+,32-,33+,34-,35-,36-,37+,40-,41-,42-,43?/m0/s1. The lowest BCUT2D eigenvalue weighted by Crippen LogP contribution is -2.62. The maximum Gasteiger partial charge on any atom is 0.335 e. The fourth-order valence-electron chi connectivity index (χ4n) is 8.20. The van der Waals surface area contributed by atoms with E-state index in [4.69, 9.17) is 38.3 Å². The minimum atomic E-state index is -2.85. The molecule has 1 heterocycles. The van der Waals surface area contributed by atoms with Crippen molar-refractivity contribution in [3.8, 4) is 5.75 Å². The van der Waals surface area contributed by atoms with Gasteiger partial charge in [-0.2, -0.15) is 0 Å². The number of aliphatic carboxylic acids is 2. The Morgan fingerprint density at radius 1 is 0.721 bits per heavy atom. The number of aryl methyl sites for hydroxylation is 1. The number of aliphatic hydroxyl groups excluding tert-OH is 4. The average molecular weight is 1240 g/mol. The van der Waals surface area contributed by atoms with Crippen molar-refractivity contribution in [3.05, 3.63) is 41.6 Å². The van der Waals surface area contributed by atoms with Gasteiger partial charge in [-0.15, -0.1) is 11.6 Å². The molecule has 32 nitrogen and oxygen atoms in total. The highest BCUT2D eigenvalue weighted by Gasteiger charge is 2.41. The molecule has 86 heavy (non-hydrogen) atoms. The smallest absolute Gasteiger partial charge is 0.335 e. The first-order valence-electron chi connectivity index (χ1n) is 27.9. The highest BCUT2D eigenvalue weighted by molar-refractivity contribution is 6.18. The zero-order chi connectivity index (χ0) is 64.6. The van der Waals surface area contributed by atoms with Gasteiger partial charge in [0.2, 0.25) is 47.3 Å². The number of carboxylic acid groups (broad SMARTS) is 2. The minimum absolute atomic E-state index is 0.00266. The van der Waals surface area contributed by atoms with Gasteiger partial charge in [-0.25, -0.2) is 9.59 Å². The molecule has 9 amide bonds. The van der Waals surface area contributed by atoms with E-state index in [0.717, 1.165) is 44.7 Å². The topological polar surface area (TPSA) is 531 Å². The van der Waals surface area contributed by atoms with Gasteiger partial charge in [-0.1, -0.05) is 38.0 Å². The van der Waals surface area contributed by atoms with Crippen LogP contribution in [0.2, 0.25) is 0 Å². The number of aliphatic hydroxyl groups is 4. The predicted molar refractivity (Wildman–Crippen MR) is 303 cm³/mol. The van der Waals surface area contributed by atoms with Crippen LogP contribution in [0.1, 0.15) is 97.0 Å². The number of halogens is 1. The zero-order valence-electron chi connectivity index (χ0n) is 48.1. The van der Waals surface area contributed by atoms with Gasteiger partial charge in [0.25, 0.3) is 5.91 Å². The maximum atomic E-state index is 14.2. The van der Waals surface area contributed by atoms with Crippen LogP contribution in [0.3, 0.4) is 0 Å². The number of amides is 9. The number of esters is 1. The third kappa shape index (κ3) is 25.9. The van der Waals surface area contributed by atoms with E-state index in [2.05, 4.69) is 37.2 Å². The Kier molecular flexibility index (Phi) is 33.9. The summed E-state index contributed by atoms with van der Waals surface area (Å²) in [6, 6.07) is -8.94. The molecule has 0 saturated carbocycles. The number of hydrogen-bond donors (Lipinski definition) is 18. The van der Waals surface area contributed by atoms with E-state index in [1.54, 1.807) is 24.3 Å². The van der Waals surface area contributed by atoms with E-state index >= 15 is 0 Å². The van der Waals surface area contributed by atoms with Gasteiger partial charge in [0, 0.05) is 0 Å². The van der Waals surface area contributed by atoms with Crippen LogP contribution in [0.25, 0.3) is 0 Å². The molecule has 0 radical (unpaired) electrons. The highest BCUT2D eigenvalue weighted by atomic mass is 35.5. The quantitative estimate of drug-likeness (QED) is 0.0178. The van der Waals surface area contributed by atoms with Crippen molar-refractivity contribution in [1.29, 1.82) is 0 Å². The molecular formula is C53H83ClN12O20. The average Bonchev–Trinajstić information content (AvgIpc) is 3.24. The molecule has 482 valence electrons. The summed E-state index contributed by atoms with van der Waals surface area (Å²) >= 11 is 5.87. The number of unbranched alkanes of at least 4 members (excludes halogenated alkanes) is 3. The first-order valence-corrected chi connectivity index (χ1v) is 28.4. The first-order chi connectivity index (χ1) is 40.7. The summed E-state index contributed by atoms with van der Waals surface area (Å²) in [6.07, 6.45) is -6.56. The Bertz CT molecular complexity index is 2510. The first kappa shape index (κ1) is 74.5. The molecule has 0 aromatic heterocycles. The van der Waals surface area contributed by atoms with Crippen LogP contribution in [0.4, 0.5) is 0 Å². The second-order valence-corrected chi connectivity index (χ2v) is 20.3. The van der Waals surface area contributed by atoms with Gasteiger partial charge in [0.15, 0.2) is 12.1 Å². The van der Waals surface area contributed by atoms with Crippen molar-refractivity contribution < 1.29 is 97.6 Å².